The highest BCUT2D eigenvalue weighted by Crippen LogP contribution is 2.29. The van der Waals surface area contributed by atoms with Crippen LogP contribution in [0.1, 0.15) is 11.1 Å². The van der Waals surface area contributed by atoms with Crippen LogP contribution in [0, 0.1) is 6.92 Å². The van der Waals surface area contributed by atoms with Crippen molar-refractivity contribution in [1.82, 2.24) is 0 Å². The third-order valence-electron chi connectivity index (χ3n) is 3.60. The van der Waals surface area contributed by atoms with Crippen molar-refractivity contribution in [2.45, 2.75) is 18.2 Å². The second-order valence-corrected chi connectivity index (χ2v) is 6.20. The molecule has 0 fully saturated rings. The number of anilines is 1. The van der Waals surface area contributed by atoms with Gasteiger partial charge in [-0.25, -0.2) is 0 Å². The predicted molar refractivity (Wildman–Crippen MR) is 84.3 cm³/mol. The van der Waals surface area contributed by atoms with Crippen LogP contribution in [0.2, 0.25) is 0 Å². The molecule has 0 aromatic heterocycles. The Labute approximate surface area is 119 Å². The summed E-state index contributed by atoms with van der Waals surface area (Å²) in [5.74, 6) is 1.15. The van der Waals surface area contributed by atoms with E-state index in [9.17, 15) is 0 Å². The molecule has 0 spiro atoms. The average Bonchev–Trinajstić information content (AvgIpc) is 2.82. The van der Waals surface area contributed by atoms with Crippen molar-refractivity contribution >= 4 is 17.4 Å². The van der Waals surface area contributed by atoms with Crippen LogP contribution in [0.4, 0.5) is 5.69 Å². The molecule has 2 heteroatoms. The van der Waals surface area contributed by atoms with Crippen molar-refractivity contribution in [2.75, 3.05) is 23.7 Å². The molecule has 1 nitrogen and oxygen atoms in total. The van der Waals surface area contributed by atoms with Gasteiger partial charge in [0.2, 0.25) is 0 Å². The van der Waals surface area contributed by atoms with E-state index in [0.29, 0.717) is 0 Å². The Morgan fingerprint density at radius 1 is 1.11 bits per heavy atom. The highest BCUT2D eigenvalue weighted by molar-refractivity contribution is 7.99. The van der Waals surface area contributed by atoms with Gasteiger partial charge in [-0.05, 0) is 37.1 Å². The first-order valence-corrected chi connectivity index (χ1v) is 7.84. The van der Waals surface area contributed by atoms with E-state index >= 15 is 0 Å². The predicted octanol–water partition coefficient (Wildman–Crippen LogP) is 4.15. The molecular formula is C17H19NS. The molecule has 0 amide bonds. The minimum Gasteiger partial charge on any atom is -0.370 e. The normalized spacial score (nSPS) is 13.6. The smallest absolute Gasteiger partial charge is 0.0400 e. The van der Waals surface area contributed by atoms with Crippen LogP contribution in [-0.4, -0.2) is 18.8 Å². The highest BCUT2D eigenvalue weighted by Gasteiger charge is 2.18. The number of aryl methyl sites for hydroxylation is 1. The molecule has 0 saturated carbocycles. The van der Waals surface area contributed by atoms with Crippen LogP contribution in [0.15, 0.2) is 53.4 Å². The van der Waals surface area contributed by atoms with Crippen molar-refractivity contribution in [1.29, 1.82) is 0 Å². The molecule has 0 saturated heterocycles. The van der Waals surface area contributed by atoms with Crippen LogP contribution in [0.3, 0.4) is 0 Å². The number of benzene rings is 2. The van der Waals surface area contributed by atoms with Gasteiger partial charge in [0.15, 0.2) is 0 Å². The molecule has 98 valence electrons. The molecule has 1 aliphatic rings. The van der Waals surface area contributed by atoms with Crippen LogP contribution in [0.5, 0.6) is 0 Å². The molecule has 0 aliphatic carbocycles. The molecule has 2 aromatic carbocycles. The maximum Gasteiger partial charge on any atom is 0.0400 e. The van der Waals surface area contributed by atoms with Gasteiger partial charge in [-0.1, -0.05) is 35.9 Å². The zero-order valence-corrected chi connectivity index (χ0v) is 12.1. The lowest BCUT2D eigenvalue weighted by atomic mass is 10.1. The Morgan fingerprint density at radius 2 is 1.95 bits per heavy atom. The van der Waals surface area contributed by atoms with Gasteiger partial charge in [0.05, 0.1) is 0 Å². The van der Waals surface area contributed by atoms with Crippen molar-refractivity contribution < 1.29 is 0 Å². The van der Waals surface area contributed by atoms with E-state index in [0.717, 1.165) is 12.3 Å². The van der Waals surface area contributed by atoms with Crippen LogP contribution in [0.25, 0.3) is 0 Å². The third-order valence-corrected chi connectivity index (χ3v) is 4.59. The van der Waals surface area contributed by atoms with E-state index in [1.165, 1.54) is 34.7 Å². The first kappa shape index (κ1) is 12.6. The van der Waals surface area contributed by atoms with Gasteiger partial charge in [-0.2, -0.15) is 0 Å². The molecule has 0 unspecified atom stereocenters. The number of rotatable bonds is 4. The lowest BCUT2D eigenvalue weighted by Crippen LogP contribution is -2.23. The van der Waals surface area contributed by atoms with E-state index in [4.69, 9.17) is 0 Å². The van der Waals surface area contributed by atoms with Gasteiger partial charge in [0, 0.05) is 29.4 Å². The molecule has 1 heterocycles. The van der Waals surface area contributed by atoms with E-state index in [2.05, 4.69) is 60.4 Å². The lowest BCUT2D eigenvalue weighted by Gasteiger charge is -2.19. The summed E-state index contributed by atoms with van der Waals surface area (Å²) in [5, 5.41) is 0. The molecule has 2 aromatic rings. The summed E-state index contributed by atoms with van der Waals surface area (Å²) in [5.41, 5.74) is 4.34. The molecule has 19 heavy (non-hydrogen) atoms. The fourth-order valence-electron chi connectivity index (χ4n) is 2.62. The van der Waals surface area contributed by atoms with Crippen LogP contribution >= 0.6 is 11.8 Å². The monoisotopic (exact) mass is 269 g/mol. The summed E-state index contributed by atoms with van der Waals surface area (Å²) < 4.78 is 0. The highest BCUT2D eigenvalue weighted by atomic mass is 32.2. The Hall–Kier alpha value is -1.41. The Bertz CT molecular complexity index is 550. The van der Waals surface area contributed by atoms with Crippen LogP contribution in [-0.2, 0) is 6.42 Å². The van der Waals surface area contributed by atoms with Gasteiger partial charge in [-0.3, -0.25) is 0 Å². The SMILES string of the molecule is Cc1ccc2c(c1)CCN2CCSc1ccccc1. The molecule has 3 rings (SSSR count). The molecule has 0 bridgehead atoms. The van der Waals surface area contributed by atoms with Gasteiger partial charge in [-0.15, -0.1) is 11.8 Å². The fraction of sp³-hybridized carbons (Fsp3) is 0.294. The van der Waals surface area contributed by atoms with Gasteiger partial charge in [0.1, 0.15) is 0 Å². The van der Waals surface area contributed by atoms with E-state index in [-0.39, 0.29) is 0 Å². The minimum atomic E-state index is 1.13. The summed E-state index contributed by atoms with van der Waals surface area (Å²) >= 11 is 1.94. The third kappa shape index (κ3) is 2.95. The van der Waals surface area contributed by atoms with Gasteiger partial charge < -0.3 is 4.90 Å². The average molecular weight is 269 g/mol. The number of fused-ring (bicyclic) bond motifs is 1. The van der Waals surface area contributed by atoms with Crippen molar-refractivity contribution in [3.63, 3.8) is 0 Å². The first-order valence-electron chi connectivity index (χ1n) is 6.85. The minimum absolute atomic E-state index is 1.13. The van der Waals surface area contributed by atoms with Crippen molar-refractivity contribution in [3.8, 4) is 0 Å². The Balaban J connectivity index is 1.58. The number of nitrogens with zero attached hydrogens (tertiary/aromatic N) is 1. The summed E-state index contributed by atoms with van der Waals surface area (Å²) in [6.45, 7) is 4.48. The molecule has 0 N–H and O–H groups in total. The summed E-state index contributed by atoms with van der Waals surface area (Å²) in [7, 11) is 0. The second-order valence-electron chi connectivity index (χ2n) is 5.03. The summed E-state index contributed by atoms with van der Waals surface area (Å²) in [6, 6.07) is 17.5. The number of thioether (sulfide) groups is 1. The van der Waals surface area contributed by atoms with Crippen molar-refractivity contribution in [2.24, 2.45) is 0 Å². The first-order chi connectivity index (χ1) is 9.33. The fourth-order valence-corrected chi connectivity index (χ4v) is 3.52. The molecular weight excluding hydrogens is 250 g/mol. The van der Waals surface area contributed by atoms with E-state index < -0.39 is 0 Å². The number of hydrogen-bond donors (Lipinski definition) is 0. The maximum atomic E-state index is 2.52. The molecule has 0 radical (unpaired) electrons. The lowest BCUT2D eigenvalue weighted by molar-refractivity contribution is 0.874. The second kappa shape index (κ2) is 5.70. The van der Waals surface area contributed by atoms with Gasteiger partial charge in [0.25, 0.3) is 0 Å². The topological polar surface area (TPSA) is 3.24 Å². The van der Waals surface area contributed by atoms with E-state index in [1.807, 2.05) is 11.8 Å². The van der Waals surface area contributed by atoms with Crippen molar-refractivity contribution in [3.05, 3.63) is 59.7 Å². The maximum absolute atomic E-state index is 2.52. The standard InChI is InChI=1S/C17H19NS/c1-14-7-8-17-15(13-14)9-10-18(17)11-12-19-16-5-3-2-4-6-16/h2-8,13H,9-12H2,1H3. The Morgan fingerprint density at radius 3 is 2.79 bits per heavy atom. The zero-order valence-electron chi connectivity index (χ0n) is 11.3. The largest absolute Gasteiger partial charge is 0.370 e. The molecule has 1 aliphatic heterocycles. The zero-order chi connectivity index (χ0) is 13.1. The Kier molecular flexibility index (Phi) is 3.79. The molecule has 0 atom stereocenters. The number of hydrogen-bond acceptors (Lipinski definition) is 2. The quantitative estimate of drug-likeness (QED) is 0.767. The summed E-state index contributed by atoms with van der Waals surface area (Å²) in [4.78, 5) is 3.89. The van der Waals surface area contributed by atoms with Gasteiger partial charge >= 0.3 is 0 Å². The van der Waals surface area contributed by atoms with E-state index in [1.54, 1.807) is 0 Å². The van der Waals surface area contributed by atoms with Crippen LogP contribution < -0.4 is 4.90 Å². The summed E-state index contributed by atoms with van der Waals surface area (Å²) in [6.07, 6.45) is 1.20.